The van der Waals surface area contributed by atoms with Crippen LogP contribution in [0.15, 0.2) is 24.3 Å². The molecule has 1 aromatic carbocycles. The van der Waals surface area contributed by atoms with Crippen molar-refractivity contribution >= 4 is 23.1 Å². The largest absolute Gasteiger partial charge is 0.438 e. The summed E-state index contributed by atoms with van der Waals surface area (Å²) in [4.78, 5) is 11.6. The van der Waals surface area contributed by atoms with E-state index in [0.717, 1.165) is 0 Å². The molecule has 1 heterocycles. The van der Waals surface area contributed by atoms with Crippen LogP contribution in [0.3, 0.4) is 0 Å². The Labute approximate surface area is 121 Å². The quantitative estimate of drug-likeness (QED) is 0.826. The molecule has 0 spiro atoms. The van der Waals surface area contributed by atoms with Crippen molar-refractivity contribution in [2.45, 2.75) is 6.92 Å². The summed E-state index contributed by atoms with van der Waals surface area (Å²) in [5.74, 6) is 0.139. The maximum Gasteiger partial charge on any atom is 0.252 e. The Morgan fingerprint density at radius 2 is 2.00 bits per heavy atom. The molecule has 0 aliphatic heterocycles. The molecule has 0 saturated heterocycles. The van der Waals surface area contributed by atoms with E-state index in [1.165, 1.54) is 4.68 Å². The molecule has 0 saturated carbocycles. The molecule has 0 bridgehead atoms. The van der Waals surface area contributed by atoms with Crippen LogP contribution in [-0.4, -0.2) is 20.7 Å². The van der Waals surface area contributed by atoms with Crippen molar-refractivity contribution in [2.75, 3.05) is 0 Å². The first-order valence-corrected chi connectivity index (χ1v) is 6.22. The van der Waals surface area contributed by atoms with Crippen LogP contribution < -0.4 is 16.2 Å². The summed E-state index contributed by atoms with van der Waals surface area (Å²) in [6, 6.07) is 6.68. The van der Waals surface area contributed by atoms with Gasteiger partial charge in [-0.15, -0.1) is 0 Å². The summed E-state index contributed by atoms with van der Waals surface area (Å²) in [7, 11) is 1.71. The van der Waals surface area contributed by atoms with Crippen molar-refractivity contribution < 1.29 is 9.53 Å². The molecule has 4 N–H and O–H groups in total. The van der Waals surface area contributed by atoms with Gasteiger partial charge < -0.3 is 16.2 Å². The number of thiocarbonyl (C=S) groups is 1. The van der Waals surface area contributed by atoms with Crippen LogP contribution in [0.5, 0.6) is 11.6 Å². The van der Waals surface area contributed by atoms with Gasteiger partial charge in [0.05, 0.1) is 16.8 Å². The van der Waals surface area contributed by atoms with Crippen LogP contribution in [0.1, 0.15) is 21.6 Å². The van der Waals surface area contributed by atoms with Crippen molar-refractivity contribution in [3.05, 3.63) is 41.1 Å². The highest BCUT2D eigenvalue weighted by Gasteiger charge is 2.19. The number of carbonyl (C=O) groups excluding carboxylic acids is 1. The van der Waals surface area contributed by atoms with Crippen molar-refractivity contribution in [1.82, 2.24) is 9.78 Å². The van der Waals surface area contributed by atoms with Gasteiger partial charge in [-0.25, -0.2) is 4.68 Å². The fraction of sp³-hybridized carbons (Fsp3) is 0.154. The van der Waals surface area contributed by atoms with E-state index in [1.807, 2.05) is 0 Å². The molecule has 7 heteroatoms. The first-order valence-electron chi connectivity index (χ1n) is 5.82. The van der Waals surface area contributed by atoms with Crippen molar-refractivity contribution in [1.29, 1.82) is 0 Å². The first kappa shape index (κ1) is 14.0. The maximum absolute atomic E-state index is 11.4. The van der Waals surface area contributed by atoms with E-state index in [9.17, 15) is 4.79 Å². The molecular formula is C13H14N4O2S. The molecule has 0 unspecified atom stereocenters. The molecule has 20 heavy (non-hydrogen) atoms. The van der Waals surface area contributed by atoms with Gasteiger partial charge in [0.25, 0.3) is 5.91 Å². The Hall–Kier alpha value is -2.41. The summed E-state index contributed by atoms with van der Waals surface area (Å²) < 4.78 is 7.26. The minimum atomic E-state index is -0.573. The summed E-state index contributed by atoms with van der Waals surface area (Å²) in [6.45, 7) is 1.78. The molecule has 0 radical (unpaired) electrons. The summed E-state index contributed by atoms with van der Waals surface area (Å²) in [6.07, 6.45) is 0. The van der Waals surface area contributed by atoms with Gasteiger partial charge >= 0.3 is 0 Å². The second kappa shape index (κ2) is 5.30. The number of aromatic nitrogens is 2. The summed E-state index contributed by atoms with van der Waals surface area (Å²) in [5.41, 5.74) is 12.5. The predicted molar refractivity (Wildman–Crippen MR) is 78.9 cm³/mol. The van der Waals surface area contributed by atoms with Crippen molar-refractivity contribution in [2.24, 2.45) is 18.5 Å². The molecule has 6 nitrogen and oxygen atoms in total. The van der Waals surface area contributed by atoms with Gasteiger partial charge in [0.1, 0.15) is 10.7 Å². The lowest BCUT2D eigenvalue weighted by Crippen LogP contribution is -2.14. The predicted octanol–water partition coefficient (Wildman–Crippen LogP) is 1.25. The van der Waals surface area contributed by atoms with E-state index in [2.05, 4.69) is 5.10 Å². The van der Waals surface area contributed by atoms with Gasteiger partial charge in [0.15, 0.2) is 0 Å². The second-order valence-corrected chi connectivity index (χ2v) is 4.66. The van der Waals surface area contributed by atoms with Crippen LogP contribution in [0.4, 0.5) is 0 Å². The van der Waals surface area contributed by atoms with Gasteiger partial charge in [-0.3, -0.25) is 4.79 Å². The van der Waals surface area contributed by atoms with Gasteiger partial charge in [-0.1, -0.05) is 24.4 Å². The molecule has 0 aliphatic rings. The lowest BCUT2D eigenvalue weighted by atomic mass is 10.2. The van der Waals surface area contributed by atoms with E-state index in [-0.39, 0.29) is 10.6 Å². The third kappa shape index (κ3) is 2.48. The minimum absolute atomic E-state index is 0.183. The number of amides is 1. The second-order valence-electron chi connectivity index (χ2n) is 4.22. The first-order chi connectivity index (χ1) is 9.41. The van der Waals surface area contributed by atoms with Gasteiger partial charge in [0.2, 0.25) is 5.88 Å². The van der Waals surface area contributed by atoms with E-state index in [4.69, 9.17) is 28.4 Å². The lowest BCUT2D eigenvalue weighted by Gasteiger charge is -2.10. The zero-order valence-corrected chi connectivity index (χ0v) is 11.9. The average Bonchev–Trinajstić information content (AvgIpc) is 2.64. The monoisotopic (exact) mass is 290 g/mol. The Morgan fingerprint density at radius 1 is 1.35 bits per heavy atom. The number of primary amides is 1. The Kier molecular flexibility index (Phi) is 3.71. The minimum Gasteiger partial charge on any atom is -0.438 e. The number of hydrogen-bond donors (Lipinski definition) is 2. The van der Waals surface area contributed by atoms with Gasteiger partial charge in [-0.2, -0.15) is 5.10 Å². The normalized spacial score (nSPS) is 10.3. The van der Waals surface area contributed by atoms with Crippen LogP contribution in [0.25, 0.3) is 0 Å². The number of ether oxygens (including phenoxy) is 1. The van der Waals surface area contributed by atoms with Crippen LogP contribution >= 0.6 is 12.2 Å². The van der Waals surface area contributed by atoms with E-state index in [0.29, 0.717) is 22.9 Å². The number of benzene rings is 1. The molecule has 2 rings (SSSR count). The zero-order chi connectivity index (χ0) is 14.9. The highest BCUT2D eigenvalue weighted by molar-refractivity contribution is 7.80. The van der Waals surface area contributed by atoms with Crippen molar-refractivity contribution in [3.63, 3.8) is 0 Å². The maximum atomic E-state index is 11.4. The van der Waals surface area contributed by atoms with E-state index >= 15 is 0 Å². The Balaban J connectivity index is 2.51. The van der Waals surface area contributed by atoms with Crippen LogP contribution in [0.2, 0.25) is 0 Å². The van der Waals surface area contributed by atoms with Gasteiger partial charge in [0, 0.05) is 7.05 Å². The highest BCUT2D eigenvalue weighted by atomic mass is 32.1. The van der Waals surface area contributed by atoms with Crippen LogP contribution in [0, 0.1) is 6.92 Å². The lowest BCUT2D eigenvalue weighted by molar-refractivity contribution is 0.0998. The molecule has 1 aromatic heterocycles. The molecule has 104 valence electrons. The molecule has 0 aliphatic carbocycles. The number of rotatable bonds is 4. The average molecular weight is 290 g/mol. The zero-order valence-electron chi connectivity index (χ0n) is 11.1. The van der Waals surface area contributed by atoms with Crippen LogP contribution in [-0.2, 0) is 7.05 Å². The summed E-state index contributed by atoms with van der Waals surface area (Å²) in [5, 5.41) is 4.21. The smallest absolute Gasteiger partial charge is 0.252 e. The Bertz CT molecular complexity index is 694. The fourth-order valence-corrected chi connectivity index (χ4v) is 2.14. The molecule has 0 fully saturated rings. The molecule has 0 atom stereocenters. The number of nitrogens with two attached hydrogens (primary N) is 2. The Morgan fingerprint density at radius 3 is 2.60 bits per heavy atom. The van der Waals surface area contributed by atoms with E-state index in [1.54, 1.807) is 38.2 Å². The summed E-state index contributed by atoms with van der Waals surface area (Å²) >= 11 is 5.00. The molecule has 2 aromatic rings. The number of nitrogens with zero attached hydrogens (tertiary/aromatic N) is 2. The standard InChI is InChI=1S/C13H14N4O2S/c1-7-10(12(15)20)13(17(2)16-7)19-9-6-4-3-5-8(9)11(14)18/h3-6H,1-2H3,(H2,14,18)(H2,15,20). The molecular weight excluding hydrogens is 276 g/mol. The van der Waals surface area contributed by atoms with Gasteiger partial charge in [-0.05, 0) is 19.1 Å². The number of para-hydroxylation sites is 1. The number of carbonyl (C=O) groups is 1. The highest BCUT2D eigenvalue weighted by Crippen LogP contribution is 2.29. The molecule has 1 amide bonds. The number of hydrogen-bond acceptors (Lipinski definition) is 4. The van der Waals surface area contributed by atoms with E-state index < -0.39 is 5.91 Å². The SMILES string of the molecule is Cc1nn(C)c(Oc2ccccc2C(N)=O)c1C(N)=S. The third-order valence-corrected chi connectivity index (χ3v) is 2.98. The van der Waals surface area contributed by atoms with Crippen molar-refractivity contribution in [3.8, 4) is 11.6 Å². The third-order valence-electron chi connectivity index (χ3n) is 2.78. The topological polar surface area (TPSA) is 96.2 Å². The fourth-order valence-electron chi connectivity index (χ4n) is 1.90. The number of aryl methyl sites for hydroxylation is 2.